The Morgan fingerprint density at radius 2 is 1.06 bits per heavy atom. The van der Waals surface area contributed by atoms with Crippen molar-refractivity contribution < 1.29 is 10.2 Å². The van der Waals surface area contributed by atoms with Crippen molar-refractivity contribution in [2.75, 3.05) is 11.5 Å². The first-order chi connectivity index (χ1) is 7.58. The molecular formula is C12H12N2O2. The van der Waals surface area contributed by atoms with Crippen molar-refractivity contribution >= 4 is 11.4 Å². The molecule has 4 nitrogen and oxygen atoms in total. The van der Waals surface area contributed by atoms with E-state index in [4.69, 9.17) is 11.5 Å². The molecule has 2 aromatic carbocycles. The number of hydrogen-bond acceptors (Lipinski definition) is 4. The van der Waals surface area contributed by atoms with Crippen LogP contribution < -0.4 is 11.5 Å². The van der Waals surface area contributed by atoms with Crippen LogP contribution in [0.2, 0.25) is 0 Å². The second-order valence-corrected chi connectivity index (χ2v) is 3.55. The molecule has 0 fully saturated rings. The van der Waals surface area contributed by atoms with Gasteiger partial charge in [0.15, 0.2) is 0 Å². The Labute approximate surface area is 92.8 Å². The summed E-state index contributed by atoms with van der Waals surface area (Å²) in [6, 6.07) is 9.48. The van der Waals surface area contributed by atoms with Gasteiger partial charge < -0.3 is 21.7 Å². The zero-order valence-electron chi connectivity index (χ0n) is 8.51. The number of rotatable bonds is 1. The molecule has 0 heterocycles. The summed E-state index contributed by atoms with van der Waals surface area (Å²) in [4.78, 5) is 0. The minimum Gasteiger partial charge on any atom is -0.507 e. The molecule has 0 atom stereocenters. The van der Waals surface area contributed by atoms with E-state index in [-0.39, 0.29) is 11.5 Å². The number of benzene rings is 2. The fraction of sp³-hybridized carbons (Fsp3) is 0. The van der Waals surface area contributed by atoms with Gasteiger partial charge in [0, 0.05) is 34.6 Å². The quantitative estimate of drug-likeness (QED) is 0.548. The summed E-state index contributed by atoms with van der Waals surface area (Å²) >= 11 is 0. The monoisotopic (exact) mass is 216 g/mol. The lowest BCUT2D eigenvalue weighted by Crippen LogP contribution is -1.88. The second-order valence-electron chi connectivity index (χ2n) is 3.55. The number of hydrogen-bond donors (Lipinski definition) is 4. The SMILES string of the molecule is Nc1ccc(-c2ccc(N)cc2O)c(O)c1. The molecule has 16 heavy (non-hydrogen) atoms. The number of anilines is 2. The maximum Gasteiger partial charge on any atom is 0.125 e. The Morgan fingerprint density at radius 3 is 1.38 bits per heavy atom. The number of phenolic OH excluding ortho intramolecular Hbond substituents is 2. The maximum atomic E-state index is 9.72. The average molecular weight is 216 g/mol. The topological polar surface area (TPSA) is 92.5 Å². The summed E-state index contributed by atoms with van der Waals surface area (Å²) in [5, 5.41) is 19.4. The van der Waals surface area contributed by atoms with Gasteiger partial charge in [0.1, 0.15) is 11.5 Å². The van der Waals surface area contributed by atoms with Crippen LogP contribution >= 0.6 is 0 Å². The van der Waals surface area contributed by atoms with E-state index in [1.54, 1.807) is 24.3 Å². The Morgan fingerprint density at radius 1 is 0.688 bits per heavy atom. The van der Waals surface area contributed by atoms with E-state index in [1.807, 2.05) is 0 Å². The summed E-state index contributed by atoms with van der Waals surface area (Å²) in [5.74, 6) is 0.0557. The first-order valence-corrected chi connectivity index (χ1v) is 4.75. The molecule has 0 spiro atoms. The van der Waals surface area contributed by atoms with E-state index in [2.05, 4.69) is 0 Å². The zero-order valence-corrected chi connectivity index (χ0v) is 8.51. The van der Waals surface area contributed by atoms with Crippen molar-refractivity contribution in [2.45, 2.75) is 0 Å². The van der Waals surface area contributed by atoms with Crippen molar-refractivity contribution in [2.24, 2.45) is 0 Å². The van der Waals surface area contributed by atoms with Crippen LogP contribution in [-0.4, -0.2) is 10.2 Å². The minimum absolute atomic E-state index is 0.0278. The third-order valence-corrected chi connectivity index (χ3v) is 2.33. The normalized spacial score (nSPS) is 10.2. The van der Waals surface area contributed by atoms with E-state index >= 15 is 0 Å². The summed E-state index contributed by atoms with van der Waals surface area (Å²) in [5.41, 5.74) is 13.0. The molecule has 0 unspecified atom stereocenters. The fourth-order valence-corrected chi connectivity index (χ4v) is 1.55. The lowest BCUT2D eigenvalue weighted by molar-refractivity contribution is 0.469. The molecule has 0 aromatic heterocycles. The molecule has 0 bridgehead atoms. The van der Waals surface area contributed by atoms with Crippen molar-refractivity contribution in [1.29, 1.82) is 0 Å². The zero-order chi connectivity index (χ0) is 11.7. The highest BCUT2D eigenvalue weighted by Gasteiger charge is 2.09. The van der Waals surface area contributed by atoms with Gasteiger partial charge in [-0.1, -0.05) is 0 Å². The van der Waals surface area contributed by atoms with Crippen LogP contribution in [0.5, 0.6) is 11.5 Å². The number of aromatic hydroxyl groups is 2. The van der Waals surface area contributed by atoms with Crippen LogP contribution in [-0.2, 0) is 0 Å². The second kappa shape index (κ2) is 3.66. The van der Waals surface area contributed by atoms with Gasteiger partial charge in [0.05, 0.1) is 0 Å². The molecule has 0 aliphatic heterocycles. The van der Waals surface area contributed by atoms with Crippen LogP contribution in [0.3, 0.4) is 0 Å². The molecule has 0 radical (unpaired) electrons. The number of nitrogens with two attached hydrogens (primary N) is 2. The van der Waals surface area contributed by atoms with E-state index in [9.17, 15) is 10.2 Å². The van der Waals surface area contributed by atoms with Crippen molar-refractivity contribution in [3.05, 3.63) is 36.4 Å². The standard InChI is InChI=1S/C12H12N2O2/c13-7-1-3-9(11(15)5-7)10-4-2-8(14)6-12(10)16/h1-6,15-16H,13-14H2. The average Bonchev–Trinajstić information content (AvgIpc) is 2.19. The van der Waals surface area contributed by atoms with Crippen LogP contribution in [0.25, 0.3) is 11.1 Å². The third-order valence-electron chi connectivity index (χ3n) is 2.33. The Hall–Kier alpha value is -2.36. The molecule has 2 rings (SSSR count). The molecule has 2 aromatic rings. The van der Waals surface area contributed by atoms with E-state index in [1.165, 1.54) is 12.1 Å². The van der Waals surface area contributed by atoms with Crippen molar-refractivity contribution in [3.63, 3.8) is 0 Å². The number of phenols is 2. The first kappa shape index (κ1) is 10.2. The lowest BCUT2D eigenvalue weighted by atomic mass is 10.0. The maximum absolute atomic E-state index is 9.72. The number of nitrogen functional groups attached to an aromatic ring is 2. The fourth-order valence-electron chi connectivity index (χ4n) is 1.55. The highest BCUT2D eigenvalue weighted by atomic mass is 16.3. The smallest absolute Gasteiger partial charge is 0.125 e. The third kappa shape index (κ3) is 1.72. The predicted octanol–water partition coefficient (Wildman–Crippen LogP) is 1.93. The van der Waals surface area contributed by atoms with Gasteiger partial charge in [0.25, 0.3) is 0 Å². The van der Waals surface area contributed by atoms with Crippen molar-refractivity contribution in [1.82, 2.24) is 0 Å². The Kier molecular flexibility index (Phi) is 2.32. The van der Waals surface area contributed by atoms with Crippen LogP contribution in [0.1, 0.15) is 0 Å². The highest BCUT2D eigenvalue weighted by molar-refractivity contribution is 5.78. The Bertz CT molecular complexity index is 489. The van der Waals surface area contributed by atoms with E-state index in [0.717, 1.165) is 0 Å². The molecule has 6 N–H and O–H groups in total. The van der Waals surface area contributed by atoms with Gasteiger partial charge in [-0.3, -0.25) is 0 Å². The summed E-state index contributed by atoms with van der Waals surface area (Å²) in [6.45, 7) is 0. The van der Waals surface area contributed by atoms with Gasteiger partial charge in [-0.2, -0.15) is 0 Å². The molecule has 0 amide bonds. The van der Waals surface area contributed by atoms with Gasteiger partial charge in [-0.15, -0.1) is 0 Å². The Balaban J connectivity index is 2.59. The van der Waals surface area contributed by atoms with Crippen LogP contribution in [0, 0.1) is 0 Å². The van der Waals surface area contributed by atoms with E-state index < -0.39 is 0 Å². The van der Waals surface area contributed by atoms with E-state index in [0.29, 0.717) is 22.5 Å². The summed E-state index contributed by atoms with van der Waals surface area (Å²) < 4.78 is 0. The highest BCUT2D eigenvalue weighted by Crippen LogP contribution is 2.36. The molecular weight excluding hydrogens is 204 g/mol. The molecule has 0 aliphatic rings. The van der Waals surface area contributed by atoms with Crippen LogP contribution in [0.4, 0.5) is 11.4 Å². The first-order valence-electron chi connectivity index (χ1n) is 4.75. The van der Waals surface area contributed by atoms with Crippen LogP contribution in [0.15, 0.2) is 36.4 Å². The summed E-state index contributed by atoms with van der Waals surface area (Å²) in [6.07, 6.45) is 0. The van der Waals surface area contributed by atoms with Gasteiger partial charge in [-0.05, 0) is 24.3 Å². The molecule has 0 saturated carbocycles. The van der Waals surface area contributed by atoms with Gasteiger partial charge in [0.2, 0.25) is 0 Å². The lowest BCUT2D eigenvalue weighted by Gasteiger charge is -2.08. The van der Waals surface area contributed by atoms with Gasteiger partial charge in [-0.25, -0.2) is 0 Å². The minimum atomic E-state index is 0.0278. The molecule has 0 saturated heterocycles. The predicted molar refractivity (Wildman–Crippen MR) is 64.0 cm³/mol. The van der Waals surface area contributed by atoms with Gasteiger partial charge >= 0.3 is 0 Å². The molecule has 0 aliphatic carbocycles. The largest absolute Gasteiger partial charge is 0.507 e. The molecule has 4 heteroatoms. The molecule has 82 valence electrons. The summed E-state index contributed by atoms with van der Waals surface area (Å²) in [7, 11) is 0. The van der Waals surface area contributed by atoms with Crippen molar-refractivity contribution in [3.8, 4) is 22.6 Å².